The third kappa shape index (κ3) is 3.65. The van der Waals surface area contributed by atoms with Gasteiger partial charge in [0.05, 0.1) is 6.04 Å². The highest BCUT2D eigenvalue weighted by molar-refractivity contribution is 5.81. The van der Waals surface area contributed by atoms with Crippen molar-refractivity contribution in [1.29, 1.82) is 0 Å². The summed E-state index contributed by atoms with van der Waals surface area (Å²) in [7, 11) is 1.79. The van der Waals surface area contributed by atoms with Gasteiger partial charge in [0, 0.05) is 43.5 Å². The van der Waals surface area contributed by atoms with E-state index in [1.807, 2.05) is 38.5 Å². The minimum atomic E-state index is 0.136. The first-order valence-electron chi connectivity index (χ1n) is 8.37. The molecule has 2 aromatic rings. The van der Waals surface area contributed by atoms with Gasteiger partial charge in [-0.15, -0.1) is 0 Å². The molecule has 126 valence electrons. The number of imidazole rings is 1. The summed E-state index contributed by atoms with van der Waals surface area (Å²) < 4.78 is 2.14. The minimum Gasteiger partial charge on any atom is -0.375 e. The van der Waals surface area contributed by atoms with E-state index in [-0.39, 0.29) is 6.04 Å². The van der Waals surface area contributed by atoms with Crippen molar-refractivity contribution in [1.82, 2.24) is 14.9 Å². The number of nitrogens with zero attached hydrogens (tertiary/aromatic N) is 3. The Hall–Kier alpha value is -2.62. The molecule has 4 heteroatoms. The summed E-state index contributed by atoms with van der Waals surface area (Å²) in [5, 5.41) is 3.49. The second-order valence-corrected chi connectivity index (χ2v) is 5.43. The Morgan fingerprint density at radius 3 is 2.83 bits per heavy atom. The Morgan fingerprint density at radius 2 is 2.17 bits per heavy atom. The molecule has 1 N–H and O–H groups in total. The maximum absolute atomic E-state index is 4.56. The van der Waals surface area contributed by atoms with E-state index in [9.17, 15) is 0 Å². The molecule has 0 saturated heterocycles. The number of aliphatic imine (C=N–C) groups is 1. The molecule has 0 fully saturated rings. The quantitative estimate of drug-likeness (QED) is 0.849. The van der Waals surface area contributed by atoms with Crippen LogP contribution in [0.4, 0.5) is 0 Å². The van der Waals surface area contributed by atoms with Crippen LogP contribution in [0.1, 0.15) is 37.7 Å². The molecule has 1 atom stereocenters. The summed E-state index contributed by atoms with van der Waals surface area (Å²) in [5.41, 5.74) is 4.57. The Bertz CT molecular complexity index is 753. The molecule has 2 heterocycles. The third-order valence-corrected chi connectivity index (χ3v) is 3.85. The van der Waals surface area contributed by atoms with E-state index in [0.717, 1.165) is 23.6 Å². The molecule has 1 aromatic heterocycles. The molecule has 0 saturated carbocycles. The molecule has 1 aliphatic rings. The molecule has 0 bridgehead atoms. The molecule has 0 spiro atoms. The second kappa shape index (κ2) is 8.29. The number of hydrogen-bond acceptors (Lipinski definition) is 3. The van der Waals surface area contributed by atoms with Crippen molar-refractivity contribution in [2.75, 3.05) is 7.05 Å². The smallest absolute Gasteiger partial charge is 0.136 e. The van der Waals surface area contributed by atoms with Crippen LogP contribution in [-0.2, 0) is 0 Å². The van der Waals surface area contributed by atoms with Gasteiger partial charge in [0.25, 0.3) is 0 Å². The van der Waals surface area contributed by atoms with E-state index in [1.165, 1.54) is 11.1 Å². The molecule has 0 radical (unpaired) electrons. The number of aryl methyl sites for hydroxylation is 1. The van der Waals surface area contributed by atoms with Gasteiger partial charge in [0.15, 0.2) is 0 Å². The monoisotopic (exact) mass is 322 g/mol. The summed E-state index contributed by atoms with van der Waals surface area (Å²) in [6.07, 6.45) is 8.45. The van der Waals surface area contributed by atoms with Crippen LogP contribution in [0.5, 0.6) is 0 Å². The van der Waals surface area contributed by atoms with Crippen LogP contribution in [-0.4, -0.2) is 22.8 Å². The van der Waals surface area contributed by atoms with E-state index in [0.29, 0.717) is 0 Å². The highest BCUT2D eigenvalue weighted by atomic mass is 15.1. The topological polar surface area (TPSA) is 42.2 Å². The van der Waals surface area contributed by atoms with Crippen molar-refractivity contribution in [3.05, 3.63) is 72.0 Å². The summed E-state index contributed by atoms with van der Waals surface area (Å²) in [4.78, 5) is 8.69. The van der Waals surface area contributed by atoms with E-state index >= 15 is 0 Å². The Morgan fingerprint density at radius 1 is 1.38 bits per heavy atom. The van der Waals surface area contributed by atoms with Gasteiger partial charge >= 0.3 is 0 Å². The fraction of sp³-hybridized carbons (Fsp3) is 0.300. The van der Waals surface area contributed by atoms with Gasteiger partial charge in [-0.1, -0.05) is 32.6 Å². The second-order valence-electron chi connectivity index (χ2n) is 5.43. The number of aromatic nitrogens is 2. The molecule has 4 nitrogen and oxygen atoms in total. The summed E-state index contributed by atoms with van der Waals surface area (Å²) in [5.74, 6) is 1.00. The minimum absolute atomic E-state index is 0.136. The first-order valence-corrected chi connectivity index (χ1v) is 8.37. The Balaban J connectivity index is 0.00000100. The molecule has 0 amide bonds. The molecule has 24 heavy (non-hydrogen) atoms. The molecule has 0 aliphatic carbocycles. The fourth-order valence-electron chi connectivity index (χ4n) is 2.85. The zero-order valence-electron chi connectivity index (χ0n) is 15.0. The predicted octanol–water partition coefficient (Wildman–Crippen LogP) is 4.38. The van der Waals surface area contributed by atoms with Crippen molar-refractivity contribution >= 4 is 6.21 Å². The molecule has 1 aliphatic heterocycles. The van der Waals surface area contributed by atoms with Gasteiger partial charge in [-0.05, 0) is 36.3 Å². The van der Waals surface area contributed by atoms with Gasteiger partial charge in [0.1, 0.15) is 5.82 Å². The van der Waals surface area contributed by atoms with E-state index in [2.05, 4.69) is 57.6 Å². The van der Waals surface area contributed by atoms with Crippen LogP contribution in [0.3, 0.4) is 0 Å². The van der Waals surface area contributed by atoms with Gasteiger partial charge in [-0.2, -0.15) is 0 Å². The van der Waals surface area contributed by atoms with Crippen LogP contribution >= 0.6 is 0 Å². The van der Waals surface area contributed by atoms with Crippen molar-refractivity contribution in [3.63, 3.8) is 0 Å². The summed E-state index contributed by atoms with van der Waals surface area (Å²) >= 11 is 0. The number of hydrogen-bond donors (Lipinski definition) is 1. The lowest BCUT2D eigenvalue weighted by molar-refractivity contribution is 0.604. The van der Waals surface area contributed by atoms with Crippen LogP contribution in [0.25, 0.3) is 5.69 Å². The molecule has 1 aromatic carbocycles. The van der Waals surface area contributed by atoms with Gasteiger partial charge < -0.3 is 9.88 Å². The van der Waals surface area contributed by atoms with Crippen LogP contribution < -0.4 is 5.32 Å². The lowest BCUT2D eigenvalue weighted by atomic mass is 10.1. The first-order chi connectivity index (χ1) is 11.7. The normalized spacial score (nSPS) is 16.8. The fourth-order valence-corrected chi connectivity index (χ4v) is 2.85. The molecule has 3 rings (SSSR count). The summed E-state index contributed by atoms with van der Waals surface area (Å²) in [6.45, 7) is 9.97. The Labute approximate surface area is 144 Å². The van der Waals surface area contributed by atoms with E-state index in [1.54, 1.807) is 7.05 Å². The SMILES string of the molecule is C=CC1=C(C=NC)CC(c2nccn2-c2cccc(C)c2)N1.CC. The van der Waals surface area contributed by atoms with Crippen molar-refractivity contribution < 1.29 is 0 Å². The highest BCUT2D eigenvalue weighted by Gasteiger charge is 2.26. The first kappa shape index (κ1) is 17.7. The lowest BCUT2D eigenvalue weighted by Gasteiger charge is -2.15. The van der Waals surface area contributed by atoms with Crippen LogP contribution in [0.2, 0.25) is 0 Å². The standard InChI is InChI=1S/C18H20N4.C2H6/c1-4-16-14(12-19-3)11-17(21-16)18-20-8-9-22(18)15-7-5-6-13(2)10-15;1-2/h4-10,12,17,21H,1,11H2,2-3H3;1-2H3. The number of nitrogens with one attached hydrogen (secondary N) is 1. The van der Waals surface area contributed by atoms with Crippen molar-refractivity contribution in [2.24, 2.45) is 4.99 Å². The number of allylic oxidation sites excluding steroid dienone is 1. The van der Waals surface area contributed by atoms with Gasteiger partial charge in [0.2, 0.25) is 0 Å². The van der Waals surface area contributed by atoms with Gasteiger partial charge in [-0.3, -0.25) is 4.99 Å². The maximum atomic E-state index is 4.56. The average Bonchev–Trinajstić information content (AvgIpc) is 3.23. The number of rotatable bonds is 4. The average molecular weight is 322 g/mol. The molecular weight excluding hydrogens is 296 g/mol. The van der Waals surface area contributed by atoms with Crippen molar-refractivity contribution in [3.8, 4) is 5.69 Å². The predicted molar refractivity (Wildman–Crippen MR) is 102 cm³/mol. The van der Waals surface area contributed by atoms with Crippen LogP contribution in [0, 0.1) is 6.92 Å². The third-order valence-electron chi connectivity index (χ3n) is 3.85. The zero-order chi connectivity index (χ0) is 17.5. The largest absolute Gasteiger partial charge is 0.375 e. The van der Waals surface area contributed by atoms with E-state index in [4.69, 9.17) is 0 Å². The zero-order valence-corrected chi connectivity index (χ0v) is 15.0. The number of benzene rings is 1. The van der Waals surface area contributed by atoms with Crippen LogP contribution in [0.15, 0.2) is 65.6 Å². The maximum Gasteiger partial charge on any atom is 0.136 e. The Kier molecular flexibility index (Phi) is 6.13. The highest BCUT2D eigenvalue weighted by Crippen LogP contribution is 2.30. The molecule has 1 unspecified atom stereocenters. The van der Waals surface area contributed by atoms with Gasteiger partial charge in [-0.25, -0.2) is 4.98 Å². The summed E-state index contributed by atoms with van der Waals surface area (Å²) in [6, 6.07) is 8.57. The lowest BCUT2D eigenvalue weighted by Crippen LogP contribution is -2.17. The molecular formula is C20H26N4. The van der Waals surface area contributed by atoms with E-state index < -0.39 is 0 Å². The van der Waals surface area contributed by atoms with Crippen molar-refractivity contribution in [2.45, 2.75) is 33.2 Å².